The minimum Gasteiger partial charge on any atom is -0.368 e. The van der Waals surface area contributed by atoms with E-state index in [1.165, 1.54) is 11.3 Å². The number of hydrogen-bond acceptors (Lipinski definition) is 3. The topological polar surface area (TPSA) is 72.2 Å². The summed E-state index contributed by atoms with van der Waals surface area (Å²) in [5.41, 5.74) is 4.95. The molecule has 2 aromatic rings. The molecule has 0 fully saturated rings. The van der Waals surface area contributed by atoms with Crippen LogP contribution in [0, 0.1) is 0 Å². The number of fused-ring (bicyclic) bond motifs is 1. The molecule has 0 aliphatic rings. The zero-order valence-electron chi connectivity index (χ0n) is 9.00. The van der Waals surface area contributed by atoms with E-state index in [2.05, 4.69) is 5.32 Å². The fraction of sp³-hybridized carbons (Fsp3) is 0.0909. The zero-order valence-corrected chi connectivity index (χ0v) is 11.3. The number of carbonyl (C=O) groups is 2. The maximum Gasteiger partial charge on any atom is 0.263 e. The first-order valence-electron chi connectivity index (χ1n) is 4.93. The molecule has 1 aromatic carbocycles. The molecule has 0 spiro atoms. The first-order valence-corrected chi connectivity index (χ1v) is 6.50. The van der Waals surface area contributed by atoms with Crippen LogP contribution in [0.1, 0.15) is 9.67 Å². The summed E-state index contributed by atoms with van der Waals surface area (Å²) >= 11 is 13.2. The van der Waals surface area contributed by atoms with Gasteiger partial charge in [0.05, 0.1) is 11.6 Å². The Balaban J connectivity index is 2.36. The lowest BCUT2D eigenvalue weighted by molar-refractivity contribution is -0.117. The molecule has 7 heteroatoms. The molecule has 0 atom stereocenters. The molecular weight excluding hydrogens is 295 g/mol. The van der Waals surface area contributed by atoms with Crippen LogP contribution in [0.4, 0.5) is 0 Å². The third-order valence-corrected chi connectivity index (χ3v) is 4.11. The molecule has 1 aromatic heterocycles. The first-order chi connectivity index (χ1) is 8.49. The summed E-state index contributed by atoms with van der Waals surface area (Å²) in [4.78, 5) is 22.7. The number of carbonyl (C=O) groups excluding carboxylic acids is 2. The molecule has 18 heavy (non-hydrogen) atoms. The Bertz CT molecular complexity index is 639. The van der Waals surface area contributed by atoms with Crippen molar-refractivity contribution in [1.82, 2.24) is 5.32 Å². The second-order valence-electron chi connectivity index (χ2n) is 3.53. The van der Waals surface area contributed by atoms with Gasteiger partial charge in [-0.3, -0.25) is 9.59 Å². The zero-order chi connectivity index (χ0) is 13.3. The summed E-state index contributed by atoms with van der Waals surface area (Å²) in [5.74, 6) is -1.03. The molecule has 1 heterocycles. The van der Waals surface area contributed by atoms with E-state index in [1.54, 1.807) is 18.2 Å². The van der Waals surface area contributed by atoms with Crippen LogP contribution in [0.5, 0.6) is 0 Å². The quantitative estimate of drug-likeness (QED) is 0.914. The second kappa shape index (κ2) is 5.14. The van der Waals surface area contributed by atoms with Gasteiger partial charge in [0.2, 0.25) is 5.91 Å². The van der Waals surface area contributed by atoms with Crippen LogP contribution in [0.25, 0.3) is 10.1 Å². The van der Waals surface area contributed by atoms with Crippen molar-refractivity contribution in [2.24, 2.45) is 5.73 Å². The molecule has 0 radical (unpaired) electrons. The average Bonchev–Trinajstić information content (AvgIpc) is 2.63. The van der Waals surface area contributed by atoms with E-state index in [0.29, 0.717) is 14.9 Å². The molecule has 0 aliphatic carbocycles. The van der Waals surface area contributed by atoms with E-state index in [0.717, 1.165) is 10.1 Å². The lowest BCUT2D eigenvalue weighted by Crippen LogP contribution is -2.32. The van der Waals surface area contributed by atoms with Gasteiger partial charge >= 0.3 is 0 Å². The lowest BCUT2D eigenvalue weighted by Gasteiger charge is -1.99. The van der Waals surface area contributed by atoms with Gasteiger partial charge in [0.15, 0.2) is 0 Å². The first kappa shape index (κ1) is 13.1. The normalized spacial score (nSPS) is 10.6. The van der Waals surface area contributed by atoms with Gasteiger partial charge in [-0.2, -0.15) is 0 Å². The van der Waals surface area contributed by atoms with Gasteiger partial charge in [-0.25, -0.2) is 0 Å². The summed E-state index contributed by atoms with van der Waals surface area (Å²) in [6.45, 7) is -0.218. The highest BCUT2D eigenvalue weighted by molar-refractivity contribution is 7.21. The van der Waals surface area contributed by atoms with Crippen molar-refractivity contribution in [2.45, 2.75) is 0 Å². The van der Waals surface area contributed by atoms with Gasteiger partial charge in [-0.1, -0.05) is 29.3 Å². The summed E-state index contributed by atoms with van der Waals surface area (Å²) < 4.78 is 0.816. The molecule has 4 nitrogen and oxygen atoms in total. The van der Waals surface area contributed by atoms with Gasteiger partial charge in [-0.05, 0) is 12.1 Å². The van der Waals surface area contributed by atoms with Crippen LogP contribution in [0.3, 0.4) is 0 Å². The Morgan fingerprint density at radius 2 is 2.06 bits per heavy atom. The highest BCUT2D eigenvalue weighted by Crippen LogP contribution is 2.36. The fourth-order valence-corrected chi connectivity index (χ4v) is 3.14. The van der Waals surface area contributed by atoms with Gasteiger partial charge in [0, 0.05) is 15.1 Å². The van der Waals surface area contributed by atoms with Gasteiger partial charge in [0.25, 0.3) is 5.91 Å². The van der Waals surface area contributed by atoms with Crippen molar-refractivity contribution in [3.63, 3.8) is 0 Å². The minimum atomic E-state index is -0.608. The molecule has 2 amide bonds. The summed E-state index contributed by atoms with van der Waals surface area (Å²) in [6.07, 6.45) is 0. The van der Waals surface area contributed by atoms with Gasteiger partial charge in [-0.15, -0.1) is 11.3 Å². The van der Waals surface area contributed by atoms with Crippen molar-refractivity contribution >= 4 is 56.4 Å². The Kier molecular flexibility index (Phi) is 3.75. The Morgan fingerprint density at radius 3 is 2.72 bits per heavy atom. The highest BCUT2D eigenvalue weighted by Gasteiger charge is 2.17. The van der Waals surface area contributed by atoms with E-state index in [-0.39, 0.29) is 6.54 Å². The van der Waals surface area contributed by atoms with E-state index in [9.17, 15) is 9.59 Å². The molecule has 3 N–H and O–H groups in total. The lowest BCUT2D eigenvalue weighted by atomic mass is 10.2. The standard InChI is InChI=1S/C11H8Cl2N2O2S/c12-5-1-2-6-7(3-5)18-10(9(6)13)11(17)15-4-8(14)16/h1-3H,4H2,(H2,14,16)(H,15,17). The van der Waals surface area contributed by atoms with Crippen molar-refractivity contribution in [3.05, 3.63) is 33.1 Å². The molecule has 0 saturated carbocycles. The maximum atomic E-state index is 11.8. The number of hydrogen-bond donors (Lipinski definition) is 2. The van der Waals surface area contributed by atoms with E-state index < -0.39 is 11.8 Å². The number of nitrogens with two attached hydrogens (primary N) is 1. The predicted molar refractivity (Wildman–Crippen MR) is 73.4 cm³/mol. The van der Waals surface area contributed by atoms with Gasteiger partial charge in [0.1, 0.15) is 4.88 Å². The number of thiophene rings is 1. The number of amides is 2. The molecule has 0 aliphatic heterocycles. The smallest absolute Gasteiger partial charge is 0.263 e. The average molecular weight is 303 g/mol. The van der Waals surface area contributed by atoms with Crippen LogP contribution >= 0.6 is 34.5 Å². The largest absolute Gasteiger partial charge is 0.368 e. The molecule has 94 valence electrons. The van der Waals surface area contributed by atoms with Crippen LogP contribution in [-0.4, -0.2) is 18.4 Å². The van der Waals surface area contributed by atoms with E-state index >= 15 is 0 Å². The van der Waals surface area contributed by atoms with Crippen molar-refractivity contribution < 1.29 is 9.59 Å². The fourth-order valence-electron chi connectivity index (χ4n) is 1.43. The van der Waals surface area contributed by atoms with E-state index in [4.69, 9.17) is 28.9 Å². The van der Waals surface area contributed by atoms with Crippen molar-refractivity contribution in [3.8, 4) is 0 Å². The molecule has 0 saturated heterocycles. The molecule has 2 rings (SSSR count). The van der Waals surface area contributed by atoms with Gasteiger partial charge < -0.3 is 11.1 Å². The Morgan fingerprint density at radius 1 is 1.33 bits per heavy atom. The number of primary amides is 1. The van der Waals surface area contributed by atoms with Crippen LogP contribution < -0.4 is 11.1 Å². The van der Waals surface area contributed by atoms with Crippen LogP contribution in [-0.2, 0) is 4.79 Å². The predicted octanol–water partition coefficient (Wildman–Crippen LogP) is 2.42. The number of halogens is 2. The van der Waals surface area contributed by atoms with Crippen molar-refractivity contribution in [1.29, 1.82) is 0 Å². The van der Waals surface area contributed by atoms with Crippen molar-refractivity contribution in [2.75, 3.05) is 6.54 Å². The highest BCUT2D eigenvalue weighted by atomic mass is 35.5. The summed E-state index contributed by atoms with van der Waals surface area (Å²) in [7, 11) is 0. The number of nitrogens with one attached hydrogen (secondary N) is 1. The summed E-state index contributed by atoms with van der Waals surface area (Å²) in [5, 5.41) is 4.08. The molecule has 0 bridgehead atoms. The number of benzene rings is 1. The monoisotopic (exact) mass is 302 g/mol. The Labute approximate surface area is 117 Å². The SMILES string of the molecule is NC(=O)CNC(=O)c1sc2cc(Cl)ccc2c1Cl. The third kappa shape index (κ3) is 2.58. The number of rotatable bonds is 3. The minimum absolute atomic E-state index is 0.218. The van der Waals surface area contributed by atoms with E-state index in [1.807, 2.05) is 0 Å². The third-order valence-electron chi connectivity index (χ3n) is 2.22. The molecule has 0 unspecified atom stereocenters. The molecular formula is C11H8Cl2N2O2S. The van der Waals surface area contributed by atoms with Crippen LogP contribution in [0.15, 0.2) is 18.2 Å². The Hall–Kier alpha value is -1.30. The second-order valence-corrected chi connectivity index (χ2v) is 5.40. The van der Waals surface area contributed by atoms with Crippen LogP contribution in [0.2, 0.25) is 10.0 Å². The maximum absolute atomic E-state index is 11.8. The summed E-state index contributed by atoms with van der Waals surface area (Å²) in [6, 6.07) is 5.19.